The van der Waals surface area contributed by atoms with E-state index in [0.717, 1.165) is 17.7 Å². The van der Waals surface area contributed by atoms with Crippen LogP contribution in [0.5, 0.6) is 0 Å². The van der Waals surface area contributed by atoms with E-state index >= 15 is 0 Å². The van der Waals surface area contributed by atoms with Gasteiger partial charge in [0.25, 0.3) is 0 Å². The first-order valence-electron chi connectivity index (χ1n) is 4.98. The van der Waals surface area contributed by atoms with Crippen LogP contribution in [0.1, 0.15) is 18.2 Å². The highest BCUT2D eigenvalue weighted by molar-refractivity contribution is 5.33. The summed E-state index contributed by atoms with van der Waals surface area (Å²) in [5, 5.41) is 7.69. The largest absolute Gasteiger partial charge is 0.381 e. The van der Waals surface area contributed by atoms with Crippen LogP contribution in [0, 0.1) is 5.82 Å². The molecule has 0 unspecified atom stereocenters. The molecule has 0 radical (unpaired) electrons. The SMILES string of the molecule is CCc1c(N)nnn1Cc1cncc(F)c1. The van der Waals surface area contributed by atoms with Crippen molar-refractivity contribution < 1.29 is 4.39 Å². The third kappa shape index (κ3) is 2.00. The first-order valence-corrected chi connectivity index (χ1v) is 4.98. The van der Waals surface area contributed by atoms with Gasteiger partial charge in [0.1, 0.15) is 5.82 Å². The number of nitrogens with two attached hydrogens (primary N) is 1. The average molecular weight is 221 g/mol. The third-order valence-electron chi connectivity index (χ3n) is 2.30. The van der Waals surface area contributed by atoms with E-state index in [4.69, 9.17) is 5.73 Å². The quantitative estimate of drug-likeness (QED) is 0.839. The molecular weight excluding hydrogens is 209 g/mol. The molecule has 5 nitrogen and oxygen atoms in total. The number of halogens is 1. The Labute approximate surface area is 92.1 Å². The molecule has 0 aliphatic carbocycles. The third-order valence-corrected chi connectivity index (χ3v) is 2.30. The van der Waals surface area contributed by atoms with Gasteiger partial charge >= 0.3 is 0 Å². The predicted octanol–water partition coefficient (Wildman–Crippen LogP) is 1.01. The fourth-order valence-corrected chi connectivity index (χ4v) is 1.55. The summed E-state index contributed by atoms with van der Waals surface area (Å²) in [4.78, 5) is 3.77. The van der Waals surface area contributed by atoms with E-state index in [1.54, 1.807) is 10.9 Å². The van der Waals surface area contributed by atoms with Crippen LogP contribution in [0.3, 0.4) is 0 Å². The number of aromatic nitrogens is 4. The molecule has 0 spiro atoms. The molecule has 0 aromatic carbocycles. The summed E-state index contributed by atoms with van der Waals surface area (Å²) < 4.78 is 14.6. The van der Waals surface area contributed by atoms with E-state index < -0.39 is 0 Å². The minimum Gasteiger partial charge on any atom is -0.381 e. The van der Waals surface area contributed by atoms with E-state index in [9.17, 15) is 4.39 Å². The normalized spacial score (nSPS) is 10.6. The second-order valence-electron chi connectivity index (χ2n) is 3.44. The van der Waals surface area contributed by atoms with Crippen molar-refractivity contribution in [3.05, 3.63) is 35.5 Å². The molecule has 16 heavy (non-hydrogen) atoms. The molecule has 0 bridgehead atoms. The molecule has 6 heteroatoms. The molecule has 2 heterocycles. The van der Waals surface area contributed by atoms with Crippen molar-refractivity contribution in [2.24, 2.45) is 0 Å². The van der Waals surface area contributed by atoms with Crippen molar-refractivity contribution in [1.82, 2.24) is 20.0 Å². The fourth-order valence-electron chi connectivity index (χ4n) is 1.55. The minimum absolute atomic E-state index is 0.358. The van der Waals surface area contributed by atoms with Crippen LogP contribution < -0.4 is 5.73 Å². The van der Waals surface area contributed by atoms with Gasteiger partial charge in [-0.15, -0.1) is 5.10 Å². The maximum atomic E-state index is 12.9. The first-order chi connectivity index (χ1) is 7.70. The molecule has 0 saturated carbocycles. The standard InChI is InChI=1S/C10H12FN5/c1-2-9-10(12)14-15-16(9)6-7-3-8(11)5-13-4-7/h3-5H,2,6,12H2,1H3. The van der Waals surface area contributed by atoms with Crippen molar-refractivity contribution in [2.75, 3.05) is 5.73 Å². The van der Waals surface area contributed by atoms with E-state index in [1.165, 1.54) is 12.3 Å². The highest BCUT2D eigenvalue weighted by Gasteiger charge is 2.08. The predicted molar refractivity (Wildman–Crippen MR) is 57.1 cm³/mol. The Bertz CT molecular complexity index is 494. The first kappa shape index (κ1) is 10.5. The molecule has 2 aromatic heterocycles. The van der Waals surface area contributed by atoms with Gasteiger partial charge in [0.15, 0.2) is 5.82 Å². The zero-order chi connectivity index (χ0) is 11.5. The van der Waals surface area contributed by atoms with Crippen molar-refractivity contribution in [3.63, 3.8) is 0 Å². The Morgan fingerprint density at radius 1 is 1.44 bits per heavy atom. The minimum atomic E-state index is -0.358. The summed E-state index contributed by atoms with van der Waals surface area (Å²) in [6, 6.07) is 1.42. The summed E-state index contributed by atoms with van der Waals surface area (Å²) in [5.41, 5.74) is 7.24. The summed E-state index contributed by atoms with van der Waals surface area (Å²) in [6.45, 7) is 2.40. The molecule has 0 aliphatic rings. The molecule has 0 atom stereocenters. The maximum absolute atomic E-state index is 12.9. The number of pyridine rings is 1. The molecule has 2 aromatic rings. The Morgan fingerprint density at radius 3 is 2.94 bits per heavy atom. The van der Waals surface area contributed by atoms with Gasteiger partial charge in [0, 0.05) is 6.20 Å². The van der Waals surface area contributed by atoms with Crippen molar-refractivity contribution in [3.8, 4) is 0 Å². The smallest absolute Gasteiger partial charge is 0.169 e. The van der Waals surface area contributed by atoms with E-state index in [-0.39, 0.29) is 5.82 Å². The topological polar surface area (TPSA) is 69.6 Å². The second-order valence-corrected chi connectivity index (χ2v) is 3.44. The van der Waals surface area contributed by atoms with Gasteiger partial charge in [-0.3, -0.25) is 4.98 Å². The number of hydrogen-bond acceptors (Lipinski definition) is 4. The Balaban J connectivity index is 2.27. The summed E-state index contributed by atoms with van der Waals surface area (Å²) in [6.07, 6.45) is 3.50. The van der Waals surface area contributed by atoms with E-state index in [2.05, 4.69) is 15.3 Å². The van der Waals surface area contributed by atoms with Crippen molar-refractivity contribution in [2.45, 2.75) is 19.9 Å². The number of nitrogens with zero attached hydrogens (tertiary/aromatic N) is 4. The number of nitrogen functional groups attached to an aromatic ring is 1. The molecule has 2 N–H and O–H groups in total. The highest BCUT2D eigenvalue weighted by atomic mass is 19.1. The van der Waals surface area contributed by atoms with Gasteiger partial charge in [-0.05, 0) is 18.1 Å². The lowest BCUT2D eigenvalue weighted by molar-refractivity contribution is 0.598. The van der Waals surface area contributed by atoms with Crippen LogP contribution in [0.25, 0.3) is 0 Å². The molecule has 84 valence electrons. The summed E-state index contributed by atoms with van der Waals surface area (Å²) in [5.74, 6) is 0.0653. The zero-order valence-corrected chi connectivity index (χ0v) is 8.89. The molecular formula is C10H12FN5. The number of hydrogen-bond donors (Lipinski definition) is 1. The molecule has 0 saturated heterocycles. The monoisotopic (exact) mass is 221 g/mol. The molecule has 2 rings (SSSR count). The Hall–Kier alpha value is -1.98. The van der Waals surface area contributed by atoms with Gasteiger partial charge in [-0.25, -0.2) is 9.07 Å². The van der Waals surface area contributed by atoms with Crippen molar-refractivity contribution in [1.29, 1.82) is 0 Å². The van der Waals surface area contributed by atoms with Crippen molar-refractivity contribution >= 4 is 5.82 Å². The number of rotatable bonds is 3. The van der Waals surface area contributed by atoms with Crippen LogP contribution in [-0.4, -0.2) is 20.0 Å². The van der Waals surface area contributed by atoms with E-state index in [1.807, 2.05) is 6.92 Å². The second kappa shape index (κ2) is 4.26. The van der Waals surface area contributed by atoms with Gasteiger partial charge in [-0.1, -0.05) is 12.1 Å². The molecule has 0 aliphatic heterocycles. The lowest BCUT2D eigenvalue weighted by Crippen LogP contribution is -2.07. The Kier molecular flexibility index (Phi) is 2.80. The van der Waals surface area contributed by atoms with Gasteiger partial charge < -0.3 is 5.73 Å². The van der Waals surface area contributed by atoms with Crippen LogP contribution in [0.4, 0.5) is 10.2 Å². The molecule has 0 amide bonds. The highest BCUT2D eigenvalue weighted by Crippen LogP contribution is 2.10. The average Bonchev–Trinajstić information content (AvgIpc) is 2.59. The van der Waals surface area contributed by atoms with Crippen LogP contribution in [-0.2, 0) is 13.0 Å². The molecule has 0 fully saturated rings. The summed E-state index contributed by atoms with van der Waals surface area (Å²) >= 11 is 0. The van der Waals surface area contributed by atoms with Crippen LogP contribution >= 0.6 is 0 Å². The van der Waals surface area contributed by atoms with E-state index in [0.29, 0.717) is 12.4 Å². The fraction of sp³-hybridized carbons (Fsp3) is 0.300. The summed E-state index contributed by atoms with van der Waals surface area (Å²) in [7, 11) is 0. The maximum Gasteiger partial charge on any atom is 0.169 e. The zero-order valence-electron chi connectivity index (χ0n) is 8.89. The van der Waals surface area contributed by atoms with Gasteiger partial charge in [-0.2, -0.15) is 0 Å². The lowest BCUT2D eigenvalue weighted by atomic mass is 10.2. The number of anilines is 1. The van der Waals surface area contributed by atoms with Gasteiger partial charge in [0.05, 0.1) is 18.4 Å². The van der Waals surface area contributed by atoms with Crippen LogP contribution in [0.15, 0.2) is 18.5 Å². The Morgan fingerprint density at radius 2 is 2.25 bits per heavy atom. The lowest BCUT2D eigenvalue weighted by Gasteiger charge is -2.04. The van der Waals surface area contributed by atoms with Crippen LogP contribution in [0.2, 0.25) is 0 Å². The van der Waals surface area contributed by atoms with Gasteiger partial charge in [0.2, 0.25) is 0 Å².